The zero-order valence-electron chi connectivity index (χ0n) is 14.4. The van der Waals surface area contributed by atoms with E-state index < -0.39 is 30.2 Å². The Kier molecular flexibility index (Phi) is 4.63. The molecule has 4 rings (SSSR count). The minimum absolute atomic E-state index is 0.0760. The van der Waals surface area contributed by atoms with E-state index in [2.05, 4.69) is 25.9 Å². The Morgan fingerprint density at radius 1 is 1.39 bits per heavy atom. The number of ether oxygens (including phenoxy) is 1. The fourth-order valence-electron chi connectivity index (χ4n) is 2.81. The van der Waals surface area contributed by atoms with Crippen LogP contribution in [0, 0.1) is 0 Å². The molecule has 0 fully saturated rings. The number of rotatable bonds is 4. The summed E-state index contributed by atoms with van der Waals surface area (Å²) >= 11 is 0. The summed E-state index contributed by atoms with van der Waals surface area (Å²) in [6, 6.07) is 0.547. The molecule has 3 unspecified atom stereocenters. The maximum absolute atomic E-state index is 13.4. The predicted molar refractivity (Wildman–Crippen MR) is 93.2 cm³/mol. The number of halogens is 2. The fraction of sp³-hybridized carbons (Fsp3) is 0.294. The van der Waals surface area contributed by atoms with Gasteiger partial charge in [0.2, 0.25) is 5.88 Å². The maximum atomic E-state index is 13.4. The van der Waals surface area contributed by atoms with Gasteiger partial charge in [-0.2, -0.15) is 10.2 Å². The molecular formula is C17H16F2N6O3. The number of aromatic nitrogens is 4. The van der Waals surface area contributed by atoms with E-state index in [1.807, 2.05) is 0 Å². The maximum Gasteiger partial charge on any atom is 0.272 e. The first kappa shape index (κ1) is 17.9. The van der Waals surface area contributed by atoms with Crippen LogP contribution in [0.15, 0.2) is 42.3 Å². The van der Waals surface area contributed by atoms with Gasteiger partial charge in [0.25, 0.3) is 11.8 Å². The lowest BCUT2D eigenvalue weighted by Crippen LogP contribution is -2.46. The third-order valence-electron chi connectivity index (χ3n) is 4.27. The van der Waals surface area contributed by atoms with Crippen molar-refractivity contribution in [2.45, 2.75) is 24.9 Å². The van der Waals surface area contributed by atoms with Crippen molar-refractivity contribution in [2.24, 2.45) is 0 Å². The lowest BCUT2D eigenvalue weighted by atomic mass is 10.0. The molecule has 0 radical (unpaired) electrons. The monoisotopic (exact) mass is 390 g/mol. The van der Waals surface area contributed by atoms with Crippen LogP contribution in [-0.2, 0) is 11.3 Å². The summed E-state index contributed by atoms with van der Waals surface area (Å²) in [4.78, 5) is 24.6. The Labute approximate surface area is 157 Å². The van der Waals surface area contributed by atoms with Crippen LogP contribution >= 0.6 is 0 Å². The van der Waals surface area contributed by atoms with E-state index in [-0.39, 0.29) is 18.8 Å². The van der Waals surface area contributed by atoms with Crippen molar-refractivity contribution in [3.8, 4) is 5.88 Å². The number of hydrogen-bond acceptors (Lipinski definition) is 5. The van der Waals surface area contributed by atoms with Gasteiger partial charge in [-0.15, -0.1) is 0 Å². The normalized spacial score (nSPS) is 23.9. The predicted octanol–water partition coefficient (Wildman–Crippen LogP) is 0.908. The summed E-state index contributed by atoms with van der Waals surface area (Å²) in [6.45, 7) is 0.110. The van der Waals surface area contributed by atoms with E-state index in [9.17, 15) is 18.4 Å². The number of hydrogen-bond donors (Lipinski definition) is 3. The Hall–Kier alpha value is -3.50. The summed E-state index contributed by atoms with van der Waals surface area (Å²) in [5.74, 6) is -0.698. The second kappa shape index (κ2) is 7.25. The summed E-state index contributed by atoms with van der Waals surface area (Å²) < 4.78 is 33.4. The molecule has 0 aromatic carbocycles. The van der Waals surface area contributed by atoms with E-state index >= 15 is 0 Å². The lowest BCUT2D eigenvalue weighted by Gasteiger charge is -2.14. The van der Waals surface area contributed by atoms with Crippen molar-refractivity contribution in [1.82, 2.24) is 25.3 Å². The quantitative estimate of drug-likeness (QED) is 0.718. The fourth-order valence-corrected chi connectivity index (χ4v) is 2.81. The molecule has 11 heteroatoms. The number of amides is 2. The second-order valence-electron chi connectivity index (χ2n) is 6.33. The van der Waals surface area contributed by atoms with Gasteiger partial charge in [-0.25, -0.2) is 13.9 Å². The van der Waals surface area contributed by atoms with E-state index in [1.54, 1.807) is 6.20 Å². The summed E-state index contributed by atoms with van der Waals surface area (Å²) in [6.07, 6.45) is 3.42. The van der Waals surface area contributed by atoms with E-state index in [0.717, 1.165) is 6.08 Å². The summed E-state index contributed by atoms with van der Waals surface area (Å²) in [5, 5.41) is 15.6. The van der Waals surface area contributed by atoms with Gasteiger partial charge in [0.1, 0.15) is 24.0 Å². The van der Waals surface area contributed by atoms with Crippen molar-refractivity contribution in [3.05, 3.63) is 48.0 Å². The number of alkyl halides is 2. The van der Waals surface area contributed by atoms with Crippen molar-refractivity contribution >= 4 is 17.5 Å². The molecule has 146 valence electrons. The molecule has 3 heterocycles. The van der Waals surface area contributed by atoms with Crippen LogP contribution in [0.25, 0.3) is 0 Å². The third kappa shape index (κ3) is 3.63. The first-order valence-corrected chi connectivity index (χ1v) is 8.48. The topological polar surface area (TPSA) is 114 Å². The molecule has 9 nitrogen and oxygen atoms in total. The minimum atomic E-state index is -1.69. The molecule has 0 spiro atoms. The van der Waals surface area contributed by atoms with Gasteiger partial charge >= 0.3 is 0 Å². The van der Waals surface area contributed by atoms with Crippen LogP contribution in [0.2, 0.25) is 0 Å². The van der Waals surface area contributed by atoms with Crippen LogP contribution in [-0.4, -0.2) is 56.8 Å². The highest BCUT2D eigenvalue weighted by molar-refractivity contribution is 6.01. The van der Waals surface area contributed by atoms with Crippen LogP contribution in [0.5, 0.6) is 5.88 Å². The third-order valence-corrected chi connectivity index (χ3v) is 4.27. The Morgan fingerprint density at radius 2 is 2.25 bits per heavy atom. The van der Waals surface area contributed by atoms with Gasteiger partial charge in [0, 0.05) is 6.20 Å². The molecule has 3 atom stereocenters. The molecule has 0 saturated carbocycles. The number of aromatic amines is 1. The van der Waals surface area contributed by atoms with Crippen molar-refractivity contribution < 1.29 is 23.1 Å². The number of nitrogens with zero attached hydrogens (tertiary/aromatic N) is 3. The van der Waals surface area contributed by atoms with Gasteiger partial charge in [-0.05, 0) is 23.8 Å². The zero-order chi connectivity index (χ0) is 19.7. The largest absolute Gasteiger partial charge is 0.474 e. The first-order chi connectivity index (χ1) is 13.5. The van der Waals surface area contributed by atoms with E-state index in [0.29, 0.717) is 17.1 Å². The Morgan fingerprint density at radius 3 is 3.07 bits per heavy atom. The molecule has 2 aromatic heterocycles. The van der Waals surface area contributed by atoms with Crippen LogP contribution in [0.1, 0.15) is 10.5 Å². The van der Waals surface area contributed by atoms with Crippen LogP contribution in [0.3, 0.4) is 0 Å². The highest BCUT2D eigenvalue weighted by Gasteiger charge is 2.28. The summed E-state index contributed by atoms with van der Waals surface area (Å²) in [7, 11) is 0. The molecule has 2 aromatic rings. The molecule has 1 aliphatic heterocycles. The van der Waals surface area contributed by atoms with E-state index in [1.165, 1.54) is 29.1 Å². The molecule has 2 aliphatic rings. The van der Waals surface area contributed by atoms with Crippen LogP contribution < -0.4 is 15.4 Å². The van der Waals surface area contributed by atoms with Gasteiger partial charge in [0.15, 0.2) is 12.3 Å². The zero-order valence-corrected chi connectivity index (χ0v) is 14.4. The van der Waals surface area contributed by atoms with Crippen molar-refractivity contribution in [1.29, 1.82) is 0 Å². The molecule has 3 N–H and O–H groups in total. The molecule has 0 saturated heterocycles. The number of allylic oxidation sites excluding steroid dienone is 4. The smallest absolute Gasteiger partial charge is 0.272 e. The van der Waals surface area contributed by atoms with Gasteiger partial charge in [-0.1, -0.05) is 6.08 Å². The number of nitrogens with one attached hydrogen (secondary N) is 3. The van der Waals surface area contributed by atoms with Gasteiger partial charge < -0.3 is 15.4 Å². The van der Waals surface area contributed by atoms with E-state index in [4.69, 9.17) is 4.74 Å². The average molecular weight is 390 g/mol. The average Bonchev–Trinajstić information content (AvgIpc) is 3.28. The Balaban J connectivity index is 1.38. The molecule has 0 bridgehead atoms. The van der Waals surface area contributed by atoms with Gasteiger partial charge in [-0.3, -0.25) is 14.3 Å². The second-order valence-corrected chi connectivity index (χ2v) is 6.33. The first-order valence-electron chi connectivity index (χ1n) is 8.48. The number of carbonyl (C=O) groups excluding carboxylic acids is 2. The number of carbonyl (C=O) groups is 2. The highest BCUT2D eigenvalue weighted by atomic mass is 19.2. The Bertz CT molecular complexity index is 966. The van der Waals surface area contributed by atoms with Crippen molar-refractivity contribution in [2.75, 3.05) is 11.9 Å². The highest BCUT2D eigenvalue weighted by Crippen LogP contribution is 2.23. The SMILES string of the molecule is O=C(NC1COc2[nH]ncc2NC1=O)c1ccn(CC2=CC(F)C(F)C=C2)n1. The summed E-state index contributed by atoms with van der Waals surface area (Å²) in [5.41, 5.74) is 1.02. The molecule has 1 aliphatic carbocycles. The minimum Gasteiger partial charge on any atom is -0.474 e. The molecule has 2 amide bonds. The number of H-pyrrole nitrogens is 1. The molecular weight excluding hydrogens is 374 g/mol. The van der Waals surface area contributed by atoms with Crippen molar-refractivity contribution in [3.63, 3.8) is 0 Å². The molecule has 28 heavy (non-hydrogen) atoms. The number of anilines is 1. The lowest BCUT2D eigenvalue weighted by molar-refractivity contribution is -0.118. The van der Waals surface area contributed by atoms with Crippen LogP contribution in [0.4, 0.5) is 14.5 Å². The standard InChI is InChI=1S/C17H16F2N6O3/c18-10-2-1-9(5-11(10)19)7-25-4-3-12(24-25)15(26)22-14-8-28-17-13(6-20-23-17)21-16(14)27/h1-6,10-11,14H,7-8H2,(H,20,23)(H,21,27)(H,22,26). The van der Waals surface area contributed by atoms with Gasteiger partial charge in [0.05, 0.1) is 12.7 Å². The number of fused-ring (bicyclic) bond motifs is 1.